The average Bonchev–Trinajstić information content (AvgIpc) is 2.73. The maximum atomic E-state index is 12.6. The Morgan fingerprint density at radius 3 is 2.33 bits per heavy atom. The van der Waals surface area contributed by atoms with Crippen LogP contribution >= 0.6 is 0 Å². The lowest BCUT2D eigenvalue weighted by Gasteiger charge is -2.23. The van der Waals surface area contributed by atoms with Crippen molar-refractivity contribution >= 4 is 28.9 Å². The SMILES string of the molecule is COc1ccc(NC(=O)CN(C)[C@H](C)C(=O)Nc2ccc([N+](=O)[O-])cc2OC)cc1. The number of anilines is 2. The van der Waals surface area contributed by atoms with Crippen LogP contribution in [0.4, 0.5) is 17.1 Å². The molecule has 0 aliphatic carbocycles. The van der Waals surface area contributed by atoms with Crippen LogP contribution in [0.1, 0.15) is 6.92 Å². The lowest BCUT2D eigenvalue weighted by atomic mass is 10.2. The molecule has 0 bridgehead atoms. The van der Waals surface area contributed by atoms with Crippen molar-refractivity contribution < 1.29 is 24.0 Å². The smallest absolute Gasteiger partial charge is 0.273 e. The number of nitro groups is 1. The molecule has 0 saturated heterocycles. The zero-order valence-corrected chi connectivity index (χ0v) is 17.2. The van der Waals surface area contributed by atoms with Crippen molar-refractivity contribution in [3.63, 3.8) is 0 Å². The van der Waals surface area contributed by atoms with Gasteiger partial charge in [-0.25, -0.2) is 0 Å². The van der Waals surface area contributed by atoms with Gasteiger partial charge < -0.3 is 20.1 Å². The summed E-state index contributed by atoms with van der Waals surface area (Å²) >= 11 is 0. The highest BCUT2D eigenvalue weighted by molar-refractivity contribution is 5.97. The molecular weight excluding hydrogens is 392 g/mol. The Kier molecular flexibility index (Phi) is 7.70. The van der Waals surface area contributed by atoms with Crippen molar-refractivity contribution in [2.45, 2.75) is 13.0 Å². The van der Waals surface area contributed by atoms with Gasteiger partial charge in [-0.2, -0.15) is 0 Å². The van der Waals surface area contributed by atoms with Crippen LogP contribution in [0, 0.1) is 10.1 Å². The molecule has 0 aliphatic heterocycles. The number of rotatable bonds is 9. The van der Waals surface area contributed by atoms with E-state index in [-0.39, 0.29) is 29.8 Å². The summed E-state index contributed by atoms with van der Waals surface area (Å²) < 4.78 is 10.2. The number of nitrogens with zero attached hydrogens (tertiary/aromatic N) is 2. The fourth-order valence-electron chi connectivity index (χ4n) is 2.57. The van der Waals surface area contributed by atoms with Crippen LogP contribution in [-0.2, 0) is 9.59 Å². The molecule has 0 aromatic heterocycles. The third-order valence-electron chi connectivity index (χ3n) is 4.46. The summed E-state index contributed by atoms with van der Waals surface area (Å²) in [4.78, 5) is 36.7. The molecule has 0 saturated carbocycles. The molecule has 1 atom stereocenters. The standard InChI is InChI=1S/C20H24N4O6/c1-13(20(26)22-17-10-7-15(24(27)28)11-18(17)30-4)23(2)12-19(25)21-14-5-8-16(29-3)9-6-14/h5-11,13H,12H2,1-4H3,(H,21,25)(H,22,26)/t13-/m1/s1. The number of hydrogen-bond donors (Lipinski definition) is 2. The normalized spacial score (nSPS) is 11.5. The van der Waals surface area contributed by atoms with Gasteiger partial charge in [0.15, 0.2) is 0 Å². The molecule has 0 spiro atoms. The van der Waals surface area contributed by atoms with Gasteiger partial charge in [0.25, 0.3) is 5.69 Å². The number of carbonyl (C=O) groups is 2. The zero-order chi connectivity index (χ0) is 22.3. The molecule has 0 unspecified atom stereocenters. The number of benzene rings is 2. The maximum Gasteiger partial charge on any atom is 0.273 e. The van der Waals surface area contributed by atoms with Gasteiger partial charge in [-0.05, 0) is 44.3 Å². The van der Waals surface area contributed by atoms with Crippen LogP contribution in [0.15, 0.2) is 42.5 Å². The highest BCUT2D eigenvalue weighted by Gasteiger charge is 2.22. The molecule has 2 aromatic rings. The van der Waals surface area contributed by atoms with Crippen LogP contribution in [0.25, 0.3) is 0 Å². The molecule has 10 heteroatoms. The van der Waals surface area contributed by atoms with Gasteiger partial charge in [0.2, 0.25) is 11.8 Å². The number of methoxy groups -OCH3 is 2. The molecular formula is C20H24N4O6. The van der Waals surface area contributed by atoms with Crippen molar-refractivity contribution in [1.82, 2.24) is 4.90 Å². The maximum absolute atomic E-state index is 12.6. The Morgan fingerprint density at radius 2 is 1.77 bits per heavy atom. The van der Waals surface area contributed by atoms with E-state index in [0.717, 1.165) is 0 Å². The number of hydrogen-bond acceptors (Lipinski definition) is 7. The molecule has 2 N–H and O–H groups in total. The largest absolute Gasteiger partial charge is 0.497 e. The van der Waals surface area contributed by atoms with E-state index in [1.807, 2.05) is 0 Å². The van der Waals surface area contributed by atoms with E-state index in [4.69, 9.17) is 9.47 Å². The predicted molar refractivity (Wildman–Crippen MR) is 112 cm³/mol. The van der Waals surface area contributed by atoms with Crippen LogP contribution in [0.2, 0.25) is 0 Å². The van der Waals surface area contributed by atoms with Gasteiger partial charge in [-0.3, -0.25) is 24.6 Å². The summed E-state index contributed by atoms with van der Waals surface area (Å²) in [5.41, 5.74) is 0.767. The Balaban J connectivity index is 1.96. The van der Waals surface area contributed by atoms with Crippen molar-refractivity contribution in [3.05, 3.63) is 52.6 Å². The van der Waals surface area contributed by atoms with E-state index in [1.54, 1.807) is 50.2 Å². The molecule has 0 fully saturated rings. The van der Waals surface area contributed by atoms with Gasteiger partial charge in [0.1, 0.15) is 11.5 Å². The lowest BCUT2D eigenvalue weighted by molar-refractivity contribution is -0.384. The van der Waals surface area contributed by atoms with Gasteiger partial charge >= 0.3 is 0 Å². The first kappa shape index (κ1) is 22.6. The third kappa shape index (κ3) is 5.92. The highest BCUT2D eigenvalue weighted by atomic mass is 16.6. The van der Waals surface area contributed by atoms with Gasteiger partial charge in [0, 0.05) is 11.8 Å². The molecule has 2 aromatic carbocycles. The summed E-state index contributed by atoms with van der Waals surface area (Å²) in [7, 11) is 4.56. The summed E-state index contributed by atoms with van der Waals surface area (Å²) in [6.07, 6.45) is 0. The first-order valence-electron chi connectivity index (χ1n) is 9.02. The van der Waals surface area contributed by atoms with Gasteiger partial charge in [-0.1, -0.05) is 0 Å². The monoisotopic (exact) mass is 416 g/mol. The zero-order valence-electron chi connectivity index (χ0n) is 17.2. The minimum Gasteiger partial charge on any atom is -0.497 e. The van der Waals surface area contributed by atoms with E-state index in [9.17, 15) is 19.7 Å². The van der Waals surface area contributed by atoms with Crippen LogP contribution in [0.3, 0.4) is 0 Å². The second-order valence-electron chi connectivity index (χ2n) is 6.50. The van der Waals surface area contributed by atoms with Crippen molar-refractivity contribution in [3.8, 4) is 11.5 Å². The third-order valence-corrected chi connectivity index (χ3v) is 4.46. The Bertz CT molecular complexity index is 916. The van der Waals surface area contributed by atoms with Crippen molar-refractivity contribution in [1.29, 1.82) is 0 Å². The Labute approximate surface area is 173 Å². The molecule has 0 aliphatic rings. The summed E-state index contributed by atoms with van der Waals surface area (Å²) in [5.74, 6) is 0.180. The van der Waals surface area contributed by atoms with E-state index < -0.39 is 11.0 Å². The molecule has 0 radical (unpaired) electrons. The quantitative estimate of drug-likeness (QED) is 0.475. The number of nitro benzene ring substituents is 1. The number of amides is 2. The van der Waals surface area contributed by atoms with E-state index in [0.29, 0.717) is 17.1 Å². The second kappa shape index (κ2) is 10.2. The summed E-state index contributed by atoms with van der Waals surface area (Å²) in [6.45, 7) is 1.63. The Hall–Kier alpha value is -3.66. The van der Waals surface area contributed by atoms with E-state index in [1.165, 1.54) is 25.3 Å². The summed E-state index contributed by atoms with van der Waals surface area (Å²) in [6, 6.07) is 10.1. The van der Waals surface area contributed by atoms with Crippen LogP contribution in [0.5, 0.6) is 11.5 Å². The molecule has 2 rings (SSSR count). The van der Waals surface area contributed by atoms with Gasteiger partial charge in [-0.15, -0.1) is 0 Å². The predicted octanol–water partition coefficient (Wildman–Crippen LogP) is 2.51. The number of nitrogens with one attached hydrogen (secondary N) is 2. The lowest BCUT2D eigenvalue weighted by Crippen LogP contribution is -2.43. The molecule has 2 amide bonds. The minimum absolute atomic E-state index is 0.0159. The minimum atomic E-state index is -0.647. The summed E-state index contributed by atoms with van der Waals surface area (Å²) in [5, 5.41) is 16.3. The number of ether oxygens (including phenoxy) is 2. The van der Waals surface area contributed by atoms with E-state index in [2.05, 4.69) is 10.6 Å². The fraction of sp³-hybridized carbons (Fsp3) is 0.300. The van der Waals surface area contributed by atoms with Crippen molar-refractivity contribution in [2.75, 3.05) is 38.4 Å². The Morgan fingerprint density at radius 1 is 1.10 bits per heavy atom. The van der Waals surface area contributed by atoms with Crippen molar-refractivity contribution in [2.24, 2.45) is 0 Å². The number of likely N-dealkylation sites (N-methyl/N-ethyl adjacent to an activating group) is 1. The fourth-order valence-corrected chi connectivity index (χ4v) is 2.57. The first-order valence-corrected chi connectivity index (χ1v) is 9.02. The number of carbonyl (C=O) groups excluding carboxylic acids is 2. The molecule has 10 nitrogen and oxygen atoms in total. The topological polar surface area (TPSA) is 123 Å². The number of non-ortho nitro benzene ring substituents is 1. The molecule has 30 heavy (non-hydrogen) atoms. The first-order chi connectivity index (χ1) is 14.2. The van der Waals surface area contributed by atoms with Gasteiger partial charge in [0.05, 0.1) is 43.5 Å². The van der Waals surface area contributed by atoms with E-state index >= 15 is 0 Å². The average molecular weight is 416 g/mol. The molecule has 160 valence electrons. The molecule has 0 heterocycles. The van der Waals surface area contributed by atoms with Crippen LogP contribution in [-0.4, -0.2) is 55.5 Å². The van der Waals surface area contributed by atoms with Crippen LogP contribution < -0.4 is 20.1 Å². The second-order valence-corrected chi connectivity index (χ2v) is 6.50. The highest BCUT2D eigenvalue weighted by Crippen LogP contribution is 2.29.